The van der Waals surface area contributed by atoms with Crippen molar-refractivity contribution in [2.24, 2.45) is 5.41 Å². The van der Waals surface area contributed by atoms with Crippen LogP contribution in [0.5, 0.6) is 11.5 Å². The first-order valence-corrected chi connectivity index (χ1v) is 11.9. The highest BCUT2D eigenvalue weighted by molar-refractivity contribution is 5.73. The maximum atomic E-state index is 11.5. The molecule has 1 aliphatic rings. The number of allylic oxidation sites excluding steroid dienone is 1. The third-order valence-electron chi connectivity index (χ3n) is 6.05. The zero-order chi connectivity index (χ0) is 23.1. The largest absolute Gasteiger partial charge is 0.488 e. The van der Waals surface area contributed by atoms with E-state index in [0.717, 1.165) is 36.3 Å². The number of hydrogen-bond donors (Lipinski definition) is 1. The predicted octanol–water partition coefficient (Wildman–Crippen LogP) is 7.35. The number of benzene rings is 1. The number of aliphatic carboxylic acids is 1. The molecule has 1 unspecified atom stereocenters. The van der Waals surface area contributed by atoms with Crippen LogP contribution in [0.15, 0.2) is 30.4 Å². The average Bonchev–Trinajstić information content (AvgIpc) is 2.66. The Labute approximate surface area is 189 Å². The van der Waals surface area contributed by atoms with Crippen LogP contribution < -0.4 is 9.47 Å². The molecule has 0 aliphatic carbocycles. The van der Waals surface area contributed by atoms with E-state index < -0.39 is 17.0 Å². The first-order chi connectivity index (χ1) is 14.5. The molecule has 4 heteroatoms. The van der Waals surface area contributed by atoms with E-state index in [9.17, 15) is 9.90 Å². The van der Waals surface area contributed by atoms with Gasteiger partial charge in [-0.05, 0) is 90.1 Å². The number of hydrogen-bond acceptors (Lipinski definition) is 3. The average molecular weight is 431 g/mol. The normalized spacial score (nSPS) is 19.2. The number of rotatable bonds is 12. The van der Waals surface area contributed by atoms with Gasteiger partial charge in [0.25, 0.3) is 0 Å². The van der Waals surface area contributed by atoms with Crippen molar-refractivity contribution in [1.82, 2.24) is 0 Å². The number of carboxylic acid groups (broad SMARTS) is 1. The molecule has 0 amide bonds. The Kier molecular flexibility index (Phi) is 8.62. The maximum Gasteiger partial charge on any atom is 0.309 e. The molecule has 0 fully saturated rings. The molecule has 1 N–H and O–H groups in total. The molecule has 2 rings (SSSR count). The number of unbranched alkanes of at least 4 members (excludes halogenated alkanes) is 5. The number of ether oxygens (including phenoxy) is 2. The molecular formula is C27H42O4. The fourth-order valence-corrected chi connectivity index (χ4v) is 4.41. The summed E-state index contributed by atoms with van der Waals surface area (Å²) in [5.41, 5.74) is -0.537. The van der Waals surface area contributed by atoms with Crippen molar-refractivity contribution in [2.75, 3.05) is 0 Å². The van der Waals surface area contributed by atoms with Gasteiger partial charge in [0.2, 0.25) is 0 Å². The SMILES string of the molecule is CCCCCCCC=CC1(C)CCc2cc(OC(C)(C)CC(C)(C)C(=O)O)ccc2O1. The van der Waals surface area contributed by atoms with Crippen LogP contribution in [0.3, 0.4) is 0 Å². The number of carbonyl (C=O) groups is 1. The van der Waals surface area contributed by atoms with E-state index in [2.05, 4.69) is 26.0 Å². The molecule has 0 bridgehead atoms. The van der Waals surface area contributed by atoms with Gasteiger partial charge < -0.3 is 14.6 Å². The summed E-state index contributed by atoms with van der Waals surface area (Å²) in [5, 5.41) is 9.43. The summed E-state index contributed by atoms with van der Waals surface area (Å²) in [6.07, 6.45) is 14.4. The fraction of sp³-hybridized carbons (Fsp3) is 0.667. The molecule has 4 nitrogen and oxygen atoms in total. The molecule has 1 aromatic carbocycles. The molecule has 1 aromatic rings. The van der Waals surface area contributed by atoms with Crippen LogP contribution in [0.4, 0.5) is 0 Å². The number of carboxylic acids is 1. The van der Waals surface area contributed by atoms with E-state index in [0.29, 0.717) is 6.42 Å². The Hall–Kier alpha value is -1.97. The summed E-state index contributed by atoms with van der Waals surface area (Å²) >= 11 is 0. The van der Waals surface area contributed by atoms with Crippen molar-refractivity contribution < 1.29 is 19.4 Å². The van der Waals surface area contributed by atoms with Gasteiger partial charge in [0.1, 0.15) is 22.7 Å². The van der Waals surface area contributed by atoms with Crippen LogP contribution in [0, 0.1) is 5.41 Å². The van der Waals surface area contributed by atoms with E-state index in [1.54, 1.807) is 13.8 Å². The van der Waals surface area contributed by atoms with Crippen molar-refractivity contribution in [2.45, 2.75) is 111 Å². The van der Waals surface area contributed by atoms with E-state index in [4.69, 9.17) is 9.47 Å². The second kappa shape index (κ2) is 10.6. The van der Waals surface area contributed by atoms with Gasteiger partial charge in [-0.3, -0.25) is 4.79 Å². The minimum absolute atomic E-state index is 0.260. The van der Waals surface area contributed by atoms with Crippen molar-refractivity contribution in [3.05, 3.63) is 35.9 Å². The number of aryl methyl sites for hydroxylation is 1. The molecule has 0 aromatic heterocycles. The molecule has 1 aliphatic heterocycles. The lowest BCUT2D eigenvalue weighted by Gasteiger charge is -2.35. The van der Waals surface area contributed by atoms with E-state index >= 15 is 0 Å². The summed E-state index contributed by atoms with van der Waals surface area (Å²) in [6.45, 7) is 11.8. The van der Waals surface area contributed by atoms with Crippen LogP contribution in [0.2, 0.25) is 0 Å². The number of fused-ring (bicyclic) bond motifs is 1. The molecule has 0 saturated heterocycles. The standard InChI is InChI=1S/C27H42O4/c1-7-8-9-10-11-12-13-17-27(6)18-16-21-19-22(14-15-23(21)31-27)30-26(4,5)20-25(2,3)24(28)29/h13-15,17,19H,7-12,16,18,20H2,1-6H3,(H,28,29). The zero-order valence-electron chi connectivity index (χ0n) is 20.4. The molecule has 1 atom stereocenters. The first kappa shape index (κ1) is 25.3. The van der Waals surface area contributed by atoms with Crippen LogP contribution in [0.1, 0.15) is 98.5 Å². The van der Waals surface area contributed by atoms with Gasteiger partial charge in [0.05, 0.1) is 5.41 Å². The topological polar surface area (TPSA) is 55.8 Å². The zero-order valence-corrected chi connectivity index (χ0v) is 20.4. The smallest absolute Gasteiger partial charge is 0.309 e. The van der Waals surface area contributed by atoms with Gasteiger partial charge in [0.15, 0.2) is 0 Å². The van der Waals surface area contributed by atoms with Crippen LogP contribution in [0.25, 0.3) is 0 Å². The summed E-state index contributed by atoms with van der Waals surface area (Å²) < 4.78 is 12.5. The van der Waals surface area contributed by atoms with E-state index in [-0.39, 0.29) is 5.60 Å². The summed E-state index contributed by atoms with van der Waals surface area (Å²) in [5.74, 6) is 0.869. The summed E-state index contributed by atoms with van der Waals surface area (Å²) in [4.78, 5) is 11.5. The highest BCUT2D eigenvalue weighted by Gasteiger charge is 2.36. The quantitative estimate of drug-likeness (QED) is 0.278. The minimum atomic E-state index is -0.842. The third-order valence-corrected chi connectivity index (χ3v) is 6.05. The molecule has 0 radical (unpaired) electrons. The molecule has 174 valence electrons. The van der Waals surface area contributed by atoms with Gasteiger partial charge in [-0.1, -0.05) is 38.7 Å². The van der Waals surface area contributed by atoms with Crippen molar-refractivity contribution in [3.8, 4) is 11.5 Å². The Morgan fingerprint density at radius 1 is 1.19 bits per heavy atom. The Morgan fingerprint density at radius 2 is 1.90 bits per heavy atom. The highest BCUT2D eigenvalue weighted by Crippen LogP contribution is 2.38. The van der Waals surface area contributed by atoms with Gasteiger partial charge in [0, 0.05) is 6.42 Å². The minimum Gasteiger partial charge on any atom is -0.488 e. The van der Waals surface area contributed by atoms with Gasteiger partial charge in [-0.25, -0.2) is 0 Å². The maximum absolute atomic E-state index is 11.5. The second-order valence-electron chi connectivity index (χ2n) is 10.5. The third kappa shape index (κ3) is 7.90. The van der Waals surface area contributed by atoms with Gasteiger partial charge in [-0.2, -0.15) is 0 Å². The Balaban J connectivity index is 1.95. The van der Waals surface area contributed by atoms with Crippen LogP contribution in [-0.2, 0) is 11.2 Å². The Bertz CT molecular complexity index is 762. The van der Waals surface area contributed by atoms with E-state index in [1.807, 2.05) is 32.0 Å². The van der Waals surface area contributed by atoms with Crippen molar-refractivity contribution in [1.29, 1.82) is 0 Å². The summed E-state index contributed by atoms with van der Waals surface area (Å²) in [6, 6.07) is 5.96. The fourth-order valence-electron chi connectivity index (χ4n) is 4.41. The predicted molar refractivity (Wildman–Crippen MR) is 127 cm³/mol. The molecule has 31 heavy (non-hydrogen) atoms. The monoisotopic (exact) mass is 430 g/mol. The lowest BCUT2D eigenvalue weighted by molar-refractivity contribution is -0.149. The molecule has 1 heterocycles. The lowest BCUT2D eigenvalue weighted by Crippen LogP contribution is -2.38. The van der Waals surface area contributed by atoms with Crippen LogP contribution in [-0.4, -0.2) is 22.3 Å². The van der Waals surface area contributed by atoms with Gasteiger partial charge in [-0.15, -0.1) is 0 Å². The van der Waals surface area contributed by atoms with Gasteiger partial charge >= 0.3 is 5.97 Å². The lowest BCUT2D eigenvalue weighted by atomic mass is 9.82. The molecule has 0 saturated carbocycles. The first-order valence-electron chi connectivity index (χ1n) is 11.9. The van der Waals surface area contributed by atoms with Crippen LogP contribution >= 0.6 is 0 Å². The van der Waals surface area contributed by atoms with Crippen molar-refractivity contribution in [3.63, 3.8) is 0 Å². The second-order valence-corrected chi connectivity index (χ2v) is 10.5. The summed E-state index contributed by atoms with van der Waals surface area (Å²) in [7, 11) is 0. The van der Waals surface area contributed by atoms with Crippen molar-refractivity contribution >= 4 is 5.97 Å². The molecule has 0 spiro atoms. The highest BCUT2D eigenvalue weighted by atomic mass is 16.5. The van der Waals surface area contributed by atoms with E-state index in [1.165, 1.54) is 32.1 Å². The molecular weight excluding hydrogens is 388 g/mol. The Morgan fingerprint density at radius 3 is 2.58 bits per heavy atom.